The fourth-order valence-corrected chi connectivity index (χ4v) is 1.92. The van der Waals surface area contributed by atoms with Gasteiger partial charge in [-0.3, -0.25) is 4.79 Å². The predicted octanol–water partition coefficient (Wildman–Crippen LogP) is 3.57. The second-order valence-corrected chi connectivity index (χ2v) is 4.52. The third-order valence-corrected chi connectivity index (χ3v) is 3.01. The van der Waals surface area contributed by atoms with E-state index < -0.39 is 0 Å². The van der Waals surface area contributed by atoms with Crippen molar-refractivity contribution in [2.45, 2.75) is 0 Å². The van der Waals surface area contributed by atoms with Gasteiger partial charge < -0.3 is 14.2 Å². The van der Waals surface area contributed by atoms with Crippen LogP contribution < -0.4 is 9.47 Å². The van der Waals surface area contributed by atoms with Crippen molar-refractivity contribution in [3.8, 4) is 11.5 Å². The SMILES string of the molecule is COCOc1ccc(OC)c(C(=O)/C=C/c2ccccc2)c1. The number of carbonyl (C=O) groups excluding carboxylic acids is 1. The Balaban J connectivity index is 2.21. The summed E-state index contributed by atoms with van der Waals surface area (Å²) in [5.74, 6) is 0.912. The van der Waals surface area contributed by atoms with Crippen LogP contribution in [0.2, 0.25) is 0 Å². The van der Waals surface area contributed by atoms with Gasteiger partial charge in [-0.05, 0) is 29.8 Å². The van der Waals surface area contributed by atoms with Crippen LogP contribution in [0, 0.1) is 0 Å². The largest absolute Gasteiger partial charge is 0.496 e. The van der Waals surface area contributed by atoms with Gasteiger partial charge in [0, 0.05) is 7.11 Å². The molecule has 2 aromatic carbocycles. The smallest absolute Gasteiger partial charge is 0.189 e. The highest BCUT2D eigenvalue weighted by atomic mass is 16.7. The Morgan fingerprint density at radius 1 is 1.09 bits per heavy atom. The van der Waals surface area contributed by atoms with E-state index in [1.54, 1.807) is 24.3 Å². The minimum atomic E-state index is -0.149. The van der Waals surface area contributed by atoms with E-state index in [0.717, 1.165) is 5.56 Å². The third kappa shape index (κ3) is 4.20. The maximum absolute atomic E-state index is 12.4. The van der Waals surface area contributed by atoms with Gasteiger partial charge in [0.05, 0.1) is 12.7 Å². The number of allylic oxidation sites excluding steroid dienone is 1. The molecule has 0 bridgehead atoms. The summed E-state index contributed by atoms with van der Waals surface area (Å²) in [6.45, 7) is 0.125. The Morgan fingerprint density at radius 2 is 1.86 bits per heavy atom. The normalized spacial score (nSPS) is 10.6. The first kappa shape index (κ1) is 15.8. The highest BCUT2D eigenvalue weighted by molar-refractivity contribution is 6.08. The van der Waals surface area contributed by atoms with Gasteiger partial charge in [0.1, 0.15) is 11.5 Å². The lowest BCUT2D eigenvalue weighted by molar-refractivity contribution is 0.0510. The highest BCUT2D eigenvalue weighted by Crippen LogP contribution is 2.25. The van der Waals surface area contributed by atoms with Crippen molar-refractivity contribution in [2.24, 2.45) is 0 Å². The Kier molecular flexibility index (Phi) is 5.74. The fourth-order valence-electron chi connectivity index (χ4n) is 1.92. The lowest BCUT2D eigenvalue weighted by atomic mass is 10.1. The van der Waals surface area contributed by atoms with Gasteiger partial charge in [-0.1, -0.05) is 36.4 Å². The van der Waals surface area contributed by atoms with Gasteiger partial charge in [0.25, 0.3) is 0 Å². The van der Waals surface area contributed by atoms with Gasteiger partial charge in [0.2, 0.25) is 0 Å². The second-order valence-electron chi connectivity index (χ2n) is 4.52. The lowest BCUT2D eigenvalue weighted by Crippen LogP contribution is -2.03. The maximum Gasteiger partial charge on any atom is 0.189 e. The Hall–Kier alpha value is -2.59. The Labute approximate surface area is 129 Å². The lowest BCUT2D eigenvalue weighted by Gasteiger charge is -2.09. The summed E-state index contributed by atoms with van der Waals surface area (Å²) in [5, 5.41) is 0. The van der Waals surface area contributed by atoms with E-state index in [9.17, 15) is 4.79 Å². The summed E-state index contributed by atoms with van der Waals surface area (Å²) in [5.41, 5.74) is 1.41. The number of benzene rings is 2. The van der Waals surface area contributed by atoms with E-state index in [0.29, 0.717) is 17.1 Å². The molecule has 0 N–H and O–H groups in total. The fraction of sp³-hybridized carbons (Fsp3) is 0.167. The molecule has 0 saturated carbocycles. The molecular weight excluding hydrogens is 280 g/mol. The van der Waals surface area contributed by atoms with E-state index in [4.69, 9.17) is 14.2 Å². The monoisotopic (exact) mass is 298 g/mol. The molecule has 4 nitrogen and oxygen atoms in total. The van der Waals surface area contributed by atoms with Crippen LogP contribution in [0.15, 0.2) is 54.6 Å². The molecule has 4 heteroatoms. The molecule has 0 radical (unpaired) electrons. The third-order valence-electron chi connectivity index (χ3n) is 3.01. The Morgan fingerprint density at radius 3 is 2.55 bits per heavy atom. The number of carbonyl (C=O) groups is 1. The zero-order valence-corrected chi connectivity index (χ0v) is 12.6. The van der Waals surface area contributed by atoms with Crippen LogP contribution in [0.1, 0.15) is 15.9 Å². The van der Waals surface area contributed by atoms with Crippen LogP contribution in [0.25, 0.3) is 6.08 Å². The van der Waals surface area contributed by atoms with Gasteiger partial charge >= 0.3 is 0 Å². The molecule has 22 heavy (non-hydrogen) atoms. The first-order valence-electron chi connectivity index (χ1n) is 6.82. The van der Waals surface area contributed by atoms with Gasteiger partial charge in [-0.15, -0.1) is 0 Å². The molecule has 0 saturated heterocycles. The molecule has 2 rings (SSSR count). The van der Waals surface area contributed by atoms with Crippen molar-refractivity contribution < 1.29 is 19.0 Å². The molecule has 0 heterocycles. The number of methoxy groups -OCH3 is 2. The minimum Gasteiger partial charge on any atom is -0.496 e. The van der Waals surface area contributed by atoms with Crippen molar-refractivity contribution in [3.63, 3.8) is 0 Å². The molecule has 0 aromatic heterocycles. The summed E-state index contributed by atoms with van der Waals surface area (Å²) < 4.78 is 15.4. The Bertz CT molecular complexity index is 647. The van der Waals surface area contributed by atoms with Crippen molar-refractivity contribution >= 4 is 11.9 Å². The quantitative estimate of drug-likeness (QED) is 0.445. The van der Waals surface area contributed by atoms with Crippen LogP contribution in [0.5, 0.6) is 11.5 Å². The molecule has 0 spiro atoms. The van der Waals surface area contributed by atoms with Crippen molar-refractivity contribution in [1.82, 2.24) is 0 Å². The van der Waals surface area contributed by atoms with Gasteiger partial charge in [0.15, 0.2) is 12.6 Å². The van der Waals surface area contributed by atoms with Crippen LogP contribution in [0.3, 0.4) is 0 Å². The zero-order valence-electron chi connectivity index (χ0n) is 12.6. The molecule has 0 amide bonds. The number of ketones is 1. The van der Waals surface area contributed by atoms with Crippen LogP contribution in [0.4, 0.5) is 0 Å². The number of hydrogen-bond acceptors (Lipinski definition) is 4. The average Bonchev–Trinajstić information content (AvgIpc) is 2.58. The van der Waals surface area contributed by atoms with Crippen LogP contribution in [-0.4, -0.2) is 26.8 Å². The van der Waals surface area contributed by atoms with E-state index in [-0.39, 0.29) is 12.6 Å². The molecule has 0 unspecified atom stereocenters. The molecule has 2 aromatic rings. The summed E-state index contributed by atoms with van der Waals surface area (Å²) in [6, 6.07) is 14.7. The number of hydrogen-bond donors (Lipinski definition) is 0. The standard InChI is InChI=1S/C18H18O4/c1-20-13-22-15-9-11-18(21-2)16(12-15)17(19)10-8-14-6-4-3-5-7-14/h3-12H,13H2,1-2H3/b10-8+. The van der Waals surface area contributed by atoms with E-state index in [2.05, 4.69) is 0 Å². The average molecular weight is 298 g/mol. The molecule has 114 valence electrons. The van der Waals surface area contributed by atoms with Crippen LogP contribution in [-0.2, 0) is 4.74 Å². The maximum atomic E-state index is 12.4. The van der Waals surface area contributed by atoms with Crippen molar-refractivity contribution in [3.05, 3.63) is 65.7 Å². The summed E-state index contributed by atoms with van der Waals surface area (Å²) in [6.07, 6.45) is 3.29. The van der Waals surface area contributed by atoms with E-state index in [1.165, 1.54) is 20.3 Å². The predicted molar refractivity (Wildman–Crippen MR) is 85.3 cm³/mol. The first-order chi connectivity index (χ1) is 10.7. The summed E-state index contributed by atoms with van der Waals surface area (Å²) in [7, 11) is 3.07. The molecule has 0 fully saturated rings. The summed E-state index contributed by atoms with van der Waals surface area (Å²) in [4.78, 5) is 12.4. The number of rotatable bonds is 7. The van der Waals surface area contributed by atoms with E-state index in [1.807, 2.05) is 30.3 Å². The summed E-state index contributed by atoms with van der Waals surface area (Å²) >= 11 is 0. The second kappa shape index (κ2) is 8.00. The van der Waals surface area contributed by atoms with Crippen molar-refractivity contribution in [1.29, 1.82) is 0 Å². The minimum absolute atomic E-state index is 0.125. The highest BCUT2D eigenvalue weighted by Gasteiger charge is 2.11. The molecular formula is C18H18O4. The number of ether oxygens (including phenoxy) is 3. The van der Waals surface area contributed by atoms with Crippen LogP contribution >= 0.6 is 0 Å². The molecule has 0 atom stereocenters. The first-order valence-corrected chi connectivity index (χ1v) is 6.82. The van der Waals surface area contributed by atoms with Gasteiger partial charge in [-0.2, -0.15) is 0 Å². The molecule has 0 aliphatic carbocycles. The van der Waals surface area contributed by atoms with Crippen molar-refractivity contribution in [2.75, 3.05) is 21.0 Å². The zero-order chi connectivity index (χ0) is 15.8. The topological polar surface area (TPSA) is 44.8 Å². The van der Waals surface area contributed by atoms with Gasteiger partial charge in [-0.25, -0.2) is 0 Å². The molecule has 0 aliphatic rings. The van der Waals surface area contributed by atoms with E-state index >= 15 is 0 Å². The molecule has 0 aliphatic heterocycles.